The van der Waals surface area contributed by atoms with Gasteiger partial charge >= 0.3 is 12.2 Å². The average molecular weight is 393 g/mol. The van der Waals surface area contributed by atoms with Crippen LogP contribution in [0.5, 0.6) is 6.01 Å². The summed E-state index contributed by atoms with van der Waals surface area (Å²) in [5.41, 5.74) is 0.963. The van der Waals surface area contributed by atoms with Crippen LogP contribution in [0.4, 0.5) is 24.7 Å². The molecule has 1 aromatic carbocycles. The third-order valence-corrected chi connectivity index (χ3v) is 5.15. The van der Waals surface area contributed by atoms with Crippen molar-refractivity contribution in [2.75, 3.05) is 18.6 Å². The number of para-hydroxylation sites is 1. The van der Waals surface area contributed by atoms with E-state index in [4.69, 9.17) is 4.74 Å². The smallest absolute Gasteiger partial charge is 0.421 e. The Bertz CT molecular complexity index is 789. The number of hydrogen-bond acceptors (Lipinski definition) is 4. The van der Waals surface area contributed by atoms with Gasteiger partial charge < -0.3 is 9.64 Å². The predicted molar refractivity (Wildman–Crippen MR) is 103 cm³/mol. The summed E-state index contributed by atoms with van der Waals surface area (Å²) < 4.78 is 46.2. The lowest BCUT2D eigenvalue weighted by Gasteiger charge is -2.29. The van der Waals surface area contributed by atoms with Gasteiger partial charge in [0.25, 0.3) is 0 Å². The fraction of sp³-hybridized carbons (Fsp3) is 0.524. The van der Waals surface area contributed by atoms with Crippen LogP contribution in [-0.4, -0.2) is 23.6 Å². The van der Waals surface area contributed by atoms with Gasteiger partial charge in [-0.1, -0.05) is 44.4 Å². The predicted octanol–water partition coefficient (Wildman–Crippen LogP) is 6.10. The Morgan fingerprint density at radius 2 is 1.86 bits per heavy atom. The number of benzene rings is 1. The number of rotatable bonds is 6. The minimum absolute atomic E-state index is 0.0353. The van der Waals surface area contributed by atoms with Gasteiger partial charge in [0.1, 0.15) is 5.56 Å². The number of halogens is 3. The zero-order valence-electron chi connectivity index (χ0n) is 16.3. The lowest BCUT2D eigenvalue weighted by Crippen LogP contribution is -2.21. The number of hydrogen-bond donors (Lipinski definition) is 0. The van der Waals surface area contributed by atoms with Gasteiger partial charge in [0.05, 0.1) is 6.61 Å². The topological polar surface area (TPSA) is 38.2 Å². The monoisotopic (exact) mass is 393 g/mol. The molecule has 0 N–H and O–H groups in total. The highest BCUT2D eigenvalue weighted by atomic mass is 19.4. The van der Waals surface area contributed by atoms with Gasteiger partial charge in [-0.25, -0.2) is 4.98 Å². The van der Waals surface area contributed by atoms with E-state index in [1.807, 2.05) is 31.2 Å². The molecule has 0 spiro atoms. The normalized spacial score (nSPS) is 15.5. The zero-order chi connectivity index (χ0) is 20.1. The first-order chi connectivity index (χ1) is 13.4. The molecule has 1 fully saturated rings. The van der Waals surface area contributed by atoms with Crippen LogP contribution in [0, 0.1) is 0 Å². The lowest BCUT2D eigenvalue weighted by atomic mass is 9.83. The molecular formula is C21H26F3N3O. The van der Waals surface area contributed by atoms with E-state index in [9.17, 15) is 13.2 Å². The van der Waals surface area contributed by atoms with Crippen molar-refractivity contribution in [1.82, 2.24) is 9.97 Å². The minimum Gasteiger partial charge on any atom is -0.463 e. The Labute approximate surface area is 163 Å². The van der Waals surface area contributed by atoms with E-state index in [-0.39, 0.29) is 11.8 Å². The van der Waals surface area contributed by atoms with Gasteiger partial charge in [-0.3, -0.25) is 0 Å². The molecule has 0 radical (unpaired) electrons. The molecule has 1 saturated carbocycles. The van der Waals surface area contributed by atoms with Gasteiger partial charge in [-0.2, -0.15) is 18.2 Å². The minimum atomic E-state index is -4.55. The van der Waals surface area contributed by atoms with Crippen molar-refractivity contribution in [3.8, 4) is 6.01 Å². The van der Waals surface area contributed by atoms with Gasteiger partial charge in [0.2, 0.25) is 0 Å². The molecule has 3 rings (SSSR count). The summed E-state index contributed by atoms with van der Waals surface area (Å²) in [5.74, 6) is 0.177. The fourth-order valence-electron chi connectivity index (χ4n) is 3.74. The first-order valence-corrected chi connectivity index (χ1v) is 9.81. The largest absolute Gasteiger partial charge is 0.463 e. The Morgan fingerprint density at radius 3 is 2.54 bits per heavy atom. The summed E-state index contributed by atoms with van der Waals surface area (Å²) >= 11 is 0. The van der Waals surface area contributed by atoms with Crippen LogP contribution < -0.4 is 9.64 Å². The van der Waals surface area contributed by atoms with Crippen LogP contribution in [0.25, 0.3) is 0 Å². The maximum absolute atomic E-state index is 13.6. The molecule has 1 aliphatic rings. The number of anilines is 2. The Kier molecular flexibility index (Phi) is 6.42. The van der Waals surface area contributed by atoms with Crippen LogP contribution >= 0.6 is 0 Å². The summed E-state index contributed by atoms with van der Waals surface area (Å²) in [6.45, 7) is 2.27. The Morgan fingerprint density at radius 1 is 1.14 bits per heavy atom. The van der Waals surface area contributed by atoms with Crippen molar-refractivity contribution in [3.63, 3.8) is 0 Å². The zero-order valence-corrected chi connectivity index (χ0v) is 16.3. The molecule has 4 nitrogen and oxygen atoms in total. The molecule has 28 heavy (non-hydrogen) atoms. The lowest BCUT2D eigenvalue weighted by molar-refractivity contribution is -0.137. The van der Waals surface area contributed by atoms with Crippen LogP contribution in [0.1, 0.15) is 62.5 Å². The molecule has 0 saturated heterocycles. The van der Waals surface area contributed by atoms with Gasteiger partial charge in [-0.05, 0) is 36.8 Å². The van der Waals surface area contributed by atoms with Crippen molar-refractivity contribution in [3.05, 3.63) is 41.6 Å². The van der Waals surface area contributed by atoms with Crippen molar-refractivity contribution < 1.29 is 17.9 Å². The average Bonchev–Trinajstić information content (AvgIpc) is 2.71. The summed E-state index contributed by atoms with van der Waals surface area (Å²) in [6.07, 6.45) is 2.63. The summed E-state index contributed by atoms with van der Waals surface area (Å²) in [4.78, 5) is 9.38. The quantitative estimate of drug-likeness (QED) is 0.594. The SMILES string of the molecule is CCCOc1ncc(C(F)(F)F)c(N(C)c2ccccc2C2CCCCC2)n1. The summed E-state index contributed by atoms with van der Waals surface area (Å²) in [7, 11) is 1.63. The van der Waals surface area contributed by atoms with E-state index in [2.05, 4.69) is 9.97 Å². The molecule has 1 heterocycles. The summed E-state index contributed by atoms with van der Waals surface area (Å²) in [5, 5.41) is 0. The summed E-state index contributed by atoms with van der Waals surface area (Å²) in [6, 6.07) is 7.64. The van der Waals surface area contributed by atoms with Crippen LogP contribution in [-0.2, 0) is 6.18 Å². The highest BCUT2D eigenvalue weighted by molar-refractivity contribution is 5.66. The standard InChI is InChI=1S/C21H26F3N3O/c1-3-13-28-20-25-14-17(21(22,23)24)19(26-20)27(2)18-12-8-7-11-16(18)15-9-5-4-6-10-15/h7-8,11-12,14-15H,3-6,9-10,13H2,1-2H3. The van der Waals surface area contributed by atoms with Gasteiger partial charge in [0.15, 0.2) is 5.82 Å². The fourth-order valence-corrected chi connectivity index (χ4v) is 3.74. The van der Waals surface area contributed by atoms with Gasteiger partial charge in [-0.15, -0.1) is 0 Å². The molecule has 0 amide bonds. The van der Waals surface area contributed by atoms with E-state index in [0.29, 0.717) is 12.5 Å². The molecule has 0 aliphatic heterocycles. The second kappa shape index (κ2) is 8.80. The molecule has 1 aromatic heterocycles. The Balaban J connectivity index is 2.02. The van der Waals surface area contributed by atoms with Crippen LogP contribution in [0.2, 0.25) is 0 Å². The van der Waals surface area contributed by atoms with Crippen molar-refractivity contribution in [1.29, 1.82) is 0 Å². The van der Waals surface area contributed by atoms with Crippen molar-refractivity contribution in [2.45, 2.75) is 57.5 Å². The van der Waals surface area contributed by atoms with Crippen LogP contribution in [0.15, 0.2) is 30.5 Å². The second-order valence-electron chi connectivity index (χ2n) is 7.19. The molecule has 1 aliphatic carbocycles. The van der Waals surface area contributed by atoms with E-state index in [1.54, 1.807) is 7.05 Å². The molecule has 0 unspecified atom stereocenters. The molecule has 0 bridgehead atoms. The number of ether oxygens (including phenoxy) is 1. The van der Waals surface area contributed by atoms with E-state index in [1.165, 1.54) is 11.3 Å². The van der Waals surface area contributed by atoms with Gasteiger partial charge in [0, 0.05) is 18.9 Å². The third kappa shape index (κ3) is 4.56. The highest BCUT2D eigenvalue weighted by Crippen LogP contribution is 2.42. The van der Waals surface area contributed by atoms with Crippen LogP contribution in [0.3, 0.4) is 0 Å². The van der Waals surface area contributed by atoms with Crippen molar-refractivity contribution in [2.24, 2.45) is 0 Å². The molecular weight excluding hydrogens is 367 g/mol. The first-order valence-electron chi connectivity index (χ1n) is 9.81. The molecule has 152 valence electrons. The first kappa shape index (κ1) is 20.4. The van der Waals surface area contributed by atoms with Crippen molar-refractivity contribution >= 4 is 11.5 Å². The van der Waals surface area contributed by atoms with E-state index in [0.717, 1.165) is 49.6 Å². The third-order valence-electron chi connectivity index (χ3n) is 5.15. The molecule has 0 atom stereocenters. The molecule has 2 aromatic rings. The maximum atomic E-state index is 13.6. The van der Waals surface area contributed by atoms with E-state index < -0.39 is 11.7 Å². The highest BCUT2D eigenvalue weighted by Gasteiger charge is 2.37. The van der Waals surface area contributed by atoms with E-state index >= 15 is 0 Å². The second-order valence-corrected chi connectivity index (χ2v) is 7.19. The number of alkyl halides is 3. The Hall–Kier alpha value is -2.31. The number of aromatic nitrogens is 2. The maximum Gasteiger partial charge on any atom is 0.421 e. The molecule has 7 heteroatoms. The number of nitrogens with zero attached hydrogens (tertiary/aromatic N) is 3.